The summed E-state index contributed by atoms with van der Waals surface area (Å²) in [6.45, 7) is 1.33. The zero-order valence-electron chi connectivity index (χ0n) is 8.55. The standard InChI is InChI=1S/C11H9ClN2O2/c1-8(15)16-11-6-7-14(13-11)10-4-2-9(12)3-5-10/h2-7H,1H3. The first kappa shape index (κ1) is 10.7. The lowest BCUT2D eigenvalue weighted by molar-refractivity contribution is -0.132. The van der Waals surface area contributed by atoms with Gasteiger partial charge in [-0.1, -0.05) is 11.6 Å². The van der Waals surface area contributed by atoms with Gasteiger partial charge in [-0.25, -0.2) is 4.68 Å². The number of benzene rings is 1. The number of carbonyl (C=O) groups is 1. The fourth-order valence-corrected chi connectivity index (χ4v) is 1.37. The van der Waals surface area contributed by atoms with Crippen LogP contribution in [0.3, 0.4) is 0 Å². The van der Waals surface area contributed by atoms with E-state index >= 15 is 0 Å². The van der Waals surface area contributed by atoms with Gasteiger partial charge in [0.05, 0.1) is 5.69 Å². The van der Waals surface area contributed by atoms with Gasteiger partial charge in [-0.2, -0.15) is 0 Å². The first-order valence-electron chi connectivity index (χ1n) is 4.65. The Labute approximate surface area is 97.4 Å². The number of ether oxygens (including phenoxy) is 1. The number of hydrogen-bond donors (Lipinski definition) is 0. The van der Waals surface area contributed by atoms with Crippen molar-refractivity contribution in [2.24, 2.45) is 0 Å². The Morgan fingerprint density at radius 1 is 1.31 bits per heavy atom. The molecule has 1 aromatic heterocycles. The Hall–Kier alpha value is -1.81. The van der Waals surface area contributed by atoms with Crippen molar-refractivity contribution < 1.29 is 9.53 Å². The molecule has 0 saturated carbocycles. The molecule has 5 heteroatoms. The molecule has 0 aliphatic heterocycles. The summed E-state index contributed by atoms with van der Waals surface area (Å²) in [4.78, 5) is 10.7. The smallest absolute Gasteiger partial charge is 0.309 e. The van der Waals surface area contributed by atoms with Crippen molar-refractivity contribution in [1.29, 1.82) is 0 Å². The van der Waals surface area contributed by atoms with Crippen LogP contribution in [0.2, 0.25) is 5.02 Å². The lowest BCUT2D eigenvalue weighted by Gasteiger charge is -2.00. The molecule has 0 saturated heterocycles. The second-order valence-corrected chi connectivity index (χ2v) is 3.61. The van der Waals surface area contributed by atoms with Crippen molar-refractivity contribution in [2.45, 2.75) is 6.92 Å². The maximum atomic E-state index is 10.7. The molecular formula is C11H9ClN2O2. The minimum absolute atomic E-state index is 0.280. The molecule has 0 amide bonds. The molecule has 0 unspecified atom stereocenters. The van der Waals surface area contributed by atoms with Gasteiger partial charge in [-0.05, 0) is 24.3 Å². The second kappa shape index (κ2) is 4.37. The molecule has 0 N–H and O–H groups in total. The molecule has 1 aromatic carbocycles. The van der Waals surface area contributed by atoms with Gasteiger partial charge >= 0.3 is 5.97 Å². The highest BCUT2D eigenvalue weighted by atomic mass is 35.5. The maximum Gasteiger partial charge on any atom is 0.309 e. The average molecular weight is 237 g/mol. The predicted octanol–water partition coefficient (Wildman–Crippen LogP) is 2.45. The summed E-state index contributed by atoms with van der Waals surface area (Å²) in [6.07, 6.45) is 1.71. The minimum atomic E-state index is -0.388. The number of nitrogens with zero attached hydrogens (tertiary/aromatic N) is 2. The predicted molar refractivity (Wildman–Crippen MR) is 59.9 cm³/mol. The monoisotopic (exact) mass is 236 g/mol. The third kappa shape index (κ3) is 2.41. The SMILES string of the molecule is CC(=O)Oc1ccn(-c2ccc(Cl)cc2)n1. The van der Waals surface area contributed by atoms with E-state index in [2.05, 4.69) is 5.10 Å². The van der Waals surface area contributed by atoms with Gasteiger partial charge in [0.15, 0.2) is 0 Å². The molecule has 1 heterocycles. The molecule has 0 aliphatic carbocycles. The van der Waals surface area contributed by atoms with Gasteiger partial charge < -0.3 is 4.74 Å². The number of esters is 1. The lowest BCUT2D eigenvalue weighted by atomic mass is 10.3. The Bertz CT molecular complexity index is 505. The van der Waals surface area contributed by atoms with E-state index in [1.807, 2.05) is 12.1 Å². The maximum absolute atomic E-state index is 10.7. The molecule has 0 fully saturated rings. The number of rotatable bonds is 2. The van der Waals surface area contributed by atoms with Gasteiger partial charge in [0, 0.05) is 24.2 Å². The topological polar surface area (TPSA) is 44.1 Å². The van der Waals surface area contributed by atoms with Gasteiger partial charge in [0.1, 0.15) is 0 Å². The van der Waals surface area contributed by atoms with Crippen LogP contribution in [0.5, 0.6) is 5.88 Å². The highest BCUT2D eigenvalue weighted by molar-refractivity contribution is 6.30. The van der Waals surface area contributed by atoms with Crippen LogP contribution in [0.25, 0.3) is 5.69 Å². The van der Waals surface area contributed by atoms with Crippen LogP contribution >= 0.6 is 11.6 Å². The molecule has 0 bridgehead atoms. The van der Waals surface area contributed by atoms with E-state index in [0.29, 0.717) is 5.02 Å². The quantitative estimate of drug-likeness (QED) is 0.753. The van der Waals surface area contributed by atoms with Crippen molar-refractivity contribution in [3.8, 4) is 11.6 Å². The van der Waals surface area contributed by atoms with E-state index in [4.69, 9.17) is 16.3 Å². The van der Waals surface area contributed by atoms with Gasteiger partial charge in [0.25, 0.3) is 0 Å². The molecule has 0 atom stereocenters. The van der Waals surface area contributed by atoms with Crippen LogP contribution in [0.15, 0.2) is 36.5 Å². The largest absolute Gasteiger partial charge is 0.406 e. The van der Waals surface area contributed by atoms with E-state index in [-0.39, 0.29) is 11.8 Å². The van der Waals surface area contributed by atoms with E-state index in [0.717, 1.165) is 5.69 Å². The fraction of sp³-hybridized carbons (Fsp3) is 0.0909. The van der Waals surface area contributed by atoms with Crippen molar-refractivity contribution >= 4 is 17.6 Å². The van der Waals surface area contributed by atoms with E-state index in [1.54, 1.807) is 29.1 Å². The minimum Gasteiger partial charge on any atom is -0.406 e. The summed E-state index contributed by atoms with van der Waals surface area (Å²) in [5.41, 5.74) is 0.850. The third-order valence-electron chi connectivity index (χ3n) is 1.90. The molecule has 0 aliphatic rings. The number of aromatic nitrogens is 2. The summed E-state index contributed by atoms with van der Waals surface area (Å²) >= 11 is 5.77. The van der Waals surface area contributed by atoms with E-state index < -0.39 is 0 Å². The molecule has 4 nitrogen and oxygen atoms in total. The van der Waals surface area contributed by atoms with Gasteiger partial charge in [-0.3, -0.25) is 4.79 Å². The Morgan fingerprint density at radius 3 is 2.62 bits per heavy atom. The molecular weight excluding hydrogens is 228 g/mol. The summed E-state index contributed by atoms with van der Waals surface area (Å²) in [5.74, 6) is -0.108. The Kier molecular flexibility index (Phi) is 2.92. The Balaban J connectivity index is 2.24. The Morgan fingerprint density at radius 2 is 2.00 bits per heavy atom. The zero-order chi connectivity index (χ0) is 11.5. The third-order valence-corrected chi connectivity index (χ3v) is 2.16. The molecule has 82 valence electrons. The van der Waals surface area contributed by atoms with Crippen molar-refractivity contribution in [1.82, 2.24) is 9.78 Å². The number of hydrogen-bond acceptors (Lipinski definition) is 3. The van der Waals surface area contributed by atoms with Crippen LogP contribution < -0.4 is 4.74 Å². The first-order valence-corrected chi connectivity index (χ1v) is 5.03. The molecule has 2 rings (SSSR count). The normalized spacial score (nSPS) is 10.1. The second-order valence-electron chi connectivity index (χ2n) is 3.17. The summed E-state index contributed by atoms with van der Waals surface area (Å²) < 4.78 is 6.45. The highest BCUT2D eigenvalue weighted by Crippen LogP contribution is 2.15. The van der Waals surface area contributed by atoms with Crippen molar-refractivity contribution in [3.05, 3.63) is 41.6 Å². The fourth-order valence-electron chi connectivity index (χ4n) is 1.25. The summed E-state index contributed by atoms with van der Waals surface area (Å²) in [5, 5.41) is 4.74. The zero-order valence-corrected chi connectivity index (χ0v) is 9.31. The molecule has 16 heavy (non-hydrogen) atoms. The van der Waals surface area contributed by atoms with Crippen LogP contribution in [0, 0.1) is 0 Å². The average Bonchev–Trinajstić information content (AvgIpc) is 2.66. The van der Waals surface area contributed by atoms with Gasteiger partial charge in [0.2, 0.25) is 5.88 Å². The lowest BCUT2D eigenvalue weighted by Crippen LogP contribution is -2.02. The van der Waals surface area contributed by atoms with Crippen LogP contribution in [-0.4, -0.2) is 15.7 Å². The van der Waals surface area contributed by atoms with E-state index in [9.17, 15) is 4.79 Å². The van der Waals surface area contributed by atoms with Crippen LogP contribution in [-0.2, 0) is 4.79 Å². The first-order chi connectivity index (χ1) is 7.65. The van der Waals surface area contributed by atoms with Crippen molar-refractivity contribution in [3.63, 3.8) is 0 Å². The summed E-state index contributed by atoms with van der Waals surface area (Å²) in [7, 11) is 0. The van der Waals surface area contributed by atoms with Gasteiger partial charge in [-0.15, -0.1) is 5.10 Å². The van der Waals surface area contributed by atoms with E-state index in [1.165, 1.54) is 6.92 Å². The molecule has 0 radical (unpaired) electrons. The van der Waals surface area contributed by atoms with Crippen LogP contribution in [0.1, 0.15) is 6.92 Å². The molecule has 0 spiro atoms. The highest BCUT2D eigenvalue weighted by Gasteiger charge is 2.03. The molecule has 2 aromatic rings. The van der Waals surface area contributed by atoms with Crippen molar-refractivity contribution in [2.75, 3.05) is 0 Å². The number of carbonyl (C=O) groups excluding carboxylic acids is 1. The number of halogens is 1. The summed E-state index contributed by atoms with van der Waals surface area (Å²) in [6, 6.07) is 8.81. The van der Waals surface area contributed by atoms with Crippen LogP contribution in [0.4, 0.5) is 0 Å².